The molecule has 0 unspecified atom stereocenters. The van der Waals surface area contributed by atoms with Crippen LogP contribution in [0.15, 0.2) is 78.9 Å². The summed E-state index contributed by atoms with van der Waals surface area (Å²) < 4.78 is 33.3. The molecule has 3 aromatic carbocycles. The van der Waals surface area contributed by atoms with Gasteiger partial charge < -0.3 is 0 Å². The maximum atomic E-state index is 13.8. The second-order valence-corrected chi connectivity index (χ2v) is 23.6. The van der Waals surface area contributed by atoms with Gasteiger partial charge in [-0.1, -0.05) is 5.92 Å². The summed E-state index contributed by atoms with van der Waals surface area (Å²) in [5.74, 6) is 1.93. The summed E-state index contributed by atoms with van der Waals surface area (Å²) in [7, 11) is 0. The Morgan fingerprint density at radius 1 is 0.732 bits per heavy atom. The quantitative estimate of drug-likeness (QED) is 0.106. The molecule has 0 spiro atoms. The summed E-state index contributed by atoms with van der Waals surface area (Å²) in [6.45, 7) is 7.58. The van der Waals surface area contributed by atoms with Crippen molar-refractivity contribution in [2.24, 2.45) is 0 Å². The minimum absolute atomic E-state index is 0.199. The Morgan fingerprint density at radius 3 is 1.73 bits per heavy atom. The number of hydrogen-bond donors (Lipinski definition) is 0. The van der Waals surface area contributed by atoms with Crippen molar-refractivity contribution in [1.82, 2.24) is 15.0 Å². The van der Waals surface area contributed by atoms with Gasteiger partial charge in [-0.3, -0.25) is 0 Å². The van der Waals surface area contributed by atoms with Gasteiger partial charge in [0, 0.05) is 5.56 Å². The molecule has 0 N–H and O–H groups in total. The molecule has 6 heteroatoms. The number of terminal acetylenes is 1. The zero-order chi connectivity index (χ0) is 29.5. The molecule has 0 aliphatic carbocycles. The molecule has 0 atom stereocenters. The van der Waals surface area contributed by atoms with E-state index in [0.717, 1.165) is 11.3 Å². The van der Waals surface area contributed by atoms with Gasteiger partial charge in [0.1, 0.15) is 5.82 Å². The molecule has 0 radical (unpaired) electrons. The first-order valence-corrected chi connectivity index (χ1v) is 22.4. The van der Waals surface area contributed by atoms with Crippen molar-refractivity contribution in [3.8, 4) is 23.6 Å². The standard InChI is InChI=1S/C15H11FN3.C8H5F.3C4H9.Sn/c16-14-8-6-13(7-9-14)15-10-17-18-19(15)11-12-4-2-1-3-5-12;1-2-7-3-5-8(9)6-4-7;3*1-3-4-2;/h1-9H,11H2;1,3-6H;3*1,3-4H2,2H3;. The van der Waals surface area contributed by atoms with Gasteiger partial charge >= 0.3 is 198 Å². The van der Waals surface area contributed by atoms with E-state index in [1.165, 1.54) is 73.2 Å². The molecule has 0 aliphatic rings. The van der Waals surface area contributed by atoms with Gasteiger partial charge in [0.25, 0.3) is 0 Å². The minimum atomic E-state index is -2.82. The normalized spacial score (nSPS) is 11.0. The predicted molar refractivity (Wildman–Crippen MR) is 170 cm³/mol. The van der Waals surface area contributed by atoms with Gasteiger partial charge in [-0.2, -0.15) is 0 Å². The van der Waals surface area contributed by atoms with Crippen LogP contribution in [-0.4, -0.2) is 33.4 Å². The van der Waals surface area contributed by atoms with Gasteiger partial charge in [0.05, 0.1) is 0 Å². The van der Waals surface area contributed by atoms with Crippen LogP contribution >= 0.6 is 0 Å². The molecule has 1 aromatic heterocycles. The molecular formula is C35H43F2N3Sn. The number of benzene rings is 3. The van der Waals surface area contributed by atoms with Crippen LogP contribution in [0.4, 0.5) is 8.78 Å². The summed E-state index contributed by atoms with van der Waals surface area (Å²) in [4.78, 5) is 0. The molecule has 0 saturated carbocycles. The first kappa shape index (κ1) is 32.5. The van der Waals surface area contributed by atoms with Crippen molar-refractivity contribution in [2.75, 3.05) is 0 Å². The van der Waals surface area contributed by atoms with E-state index in [4.69, 9.17) is 16.7 Å². The van der Waals surface area contributed by atoms with Gasteiger partial charge in [-0.05, 0) is 24.3 Å². The van der Waals surface area contributed by atoms with Gasteiger partial charge in [0.15, 0.2) is 0 Å². The van der Waals surface area contributed by atoms with Crippen LogP contribution in [0.25, 0.3) is 11.3 Å². The average molecular weight is 662 g/mol. The molecule has 0 amide bonds. The number of unbranched alkanes of at least 4 members (excludes halogenated alkanes) is 3. The molecule has 0 bridgehead atoms. The number of aromatic nitrogens is 3. The molecule has 0 fully saturated rings. The Balaban J connectivity index is 0.000000436. The third kappa shape index (κ3) is 9.53. The van der Waals surface area contributed by atoms with E-state index in [-0.39, 0.29) is 11.6 Å². The van der Waals surface area contributed by atoms with Crippen LogP contribution in [0.1, 0.15) is 70.4 Å². The monoisotopic (exact) mass is 663 g/mol. The van der Waals surface area contributed by atoms with Crippen LogP contribution < -0.4 is 3.71 Å². The van der Waals surface area contributed by atoms with Crippen LogP contribution in [0.5, 0.6) is 0 Å². The molecule has 0 saturated heterocycles. The van der Waals surface area contributed by atoms with Crippen molar-refractivity contribution in [1.29, 1.82) is 0 Å². The van der Waals surface area contributed by atoms with Crippen molar-refractivity contribution < 1.29 is 8.78 Å². The molecule has 216 valence electrons. The summed E-state index contributed by atoms with van der Waals surface area (Å²) in [6.07, 6.45) is 12.5. The first-order chi connectivity index (χ1) is 20.0. The number of halogens is 2. The fourth-order valence-electron chi connectivity index (χ4n) is 5.25. The first-order valence-electron chi connectivity index (χ1n) is 14.9. The molecule has 1 heterocycles. The van der Waals surface area contributed by atoms with Crippen LogP contribution in [0, 0.1) is 24.0 Å². The van der Waals surface area contributed by atoms with Crippen molar-refractivity contribution in [3.05, 3.63) is 102 Å². The van der Waals surface area contributed by atoms with Crippen LogP contribution in [0.3, 0.4) is 0 Å². The number of rotatable bonds is 13. The molecule has 0 aliphatic heterocycles. The Morgan fingerprint density at radius 2 is 1.24 bits per heavy atom. The zero-order valence-corrected chi connectivity index (χ0v) is 27.6. The third-order valence-electron chi connectivity index (χ3n) is 7.57. The predicted octanol–water partition coefficient (Wildman–Crippen LogP) is 9.00. The third-order valence-corrected chi connectivity index (χ3v) is 22.6. The molecule has 41 heavy (non-hydrogen) atoms. The summed E-state index contributed by atoms with van der Waals surface area (Å²) >= 11 is -2.82. The molecule has 4 rings (SSSR count). The Hall–Kier alpha value is -2.98. The Bertz CT molecular complexity index is 1320. The van der Waals surface area contributed by atoms with E-state index in [1.807, 2.05) is 18.2 Å². The number of hydrogen-bond acceptors (Lipinski definition) is 2. The fraction of sp³-hybridized carbons (Fsp3) is 0.371. The van der Waals surface area contributed by atoms with Crippen LogP contribution in [0.2, 0.25) is 13.3 Å². The van der Waals surface area contributed by atoms with Gasteiger partial charge in [-0.25, -0.2) is 4.39 Å². The summed E-state index contributed by atoms with van der Waals surface area (Å²) in [5.41, 5.74) is 4.11. The summed E-state index contributed by atoms with van der Waals surface area (Å²) in [6, 6.07) is 23.2. The SMILES string of the molecule is C#Cc1ccc(F)cc1.CCC[CH2][Sn]([CH2]CCC)([CH2]CCC)[c]1nnn(Cc2ccccc2)c1-c1ccc(F)cc1. The van der Waals surface area contributed by atoms with E-state index in [1.54, 1.807) is 24.3 Å². The maximum absolute atomic E-state index is 13.8. The van der Waals surface area contributed by atoms with E-state index in [0.29, 0.717) is 12.1 Å². The Labute approximate surface area is 249 Å². The Kier molecular flexibility index (Phi) is 13.6. The molecular weight excluding hydrogens is 619 g/mol. The fourth-order valence-corrected chi connectivity index (χ4v) is 21.2. The van der Waals surface area contributed by atoms with E-state index < -0.39 is 18.4 Å². The topological polar surface area (TPSA) is 30.7 Å². The summed E-state index contributed by atoms with van der Waals surface area (Å²) in [5, 5.41) is 9.68. The molecule has 4 aromatic rings. The molecule has 3 nitrogen and oxygen atoms in total. The van der Waals surface area contributed by atoms with Crippen molar-refractivity contribution >= 4 is 22.1 Å². The van der Waals surface area contributed by atoms with Crippen LogP contribution in [-0.2, 0) is 6.54 Å². The van der Waals surface area contributed by atoms with E-state index >= 15 is 0 Å². The van der Waals surface area contributed by atoms with Gasteiger partial charge in [-0.15, -0.1) is 6.42 Å². The van der Waals surface area contributed by atoms with Crippen molar-refractivity contribution in [2.45, 2.75) is 79.2 Å². The second-order valence-electron chi connectivity index (χ2n) is 10.7. The van der Waals surface area contributed by atoms with E-state index in [9.17, 15) is 8.78 Å². The zero-order valence-electron chi connectivity index (χ0n) is 24.8. The second kappa shape index (κ2) is 17.1. The van der Waals surface area contributed by atoms with Crippen molar-refractivity contribution in [3.63, 3.8) is 0 Å². The van der Waals surface area contributed by atoms with Gasteiger partial charge in [0.2, 0.25) is 0 Å². The number of nitrogens with zero attached hydrogens (tertiary/aromatic N) is 3. The van der Waals surface area contributed by atoms with E-state index in [2.05, 4.69) is 55.6 Å². The average Bonchev–Trinajstić information content (AvgIpc) is 3.42.